The molecule has 1 atom stereocenters. The summed E-state index contributed by atoms with van der Waals surface area (Å²) >= 11 is 0. The Morgan fingerprint density at radius 2 is 1.89 bits per heavy atom. The van der Waals surface area contributed by atoms with Gasteiger partial charge in [-0.2, -0.15) is 0 Å². The number of rotatable bonds is 12. The summed E-state index contributed by atoms with van der Waals surface area (Å²) in [5, 5.41) is 15.8. The van der Waals surface area contributed by atoms with Crippen LogP contribution in [0.15, 0.2) is 34.2 Å². The predicted octanol–water partition coefficient (Wildman–Crippen LogP) is 1.98. The van der Waals surface area contributed by atoms with E-state index in [-0.39, 0.29) is 12.6 Å². The quantitative estimate of drug-likeness (QED) is 0.312. The van der Waals surface area contributed by atoms with Crippen molar-refractivity contribution in [3.05, 3.63) is 29.8 Å². The van der Waals surface area contributed by atoms with Gasteiger partial charge in [0.15, 0.2) is 5.96 Å². The van der Waals surface area contributed by atoms with Crippen LogP contribution >= 0.6 is 0 Å². The van der Waals surface area contributed by atoms with E-state index in [0.717, 1.165) is 56.7 Å². The number of hydrogen-bond acceptors (Lipinski definition) is 4. The molecular formula is C20H34N4O3S. The van der Waals surface area contributed by atoms with Crippen LogP contribution in [0.3, 0.4) is 0 Å². The number of aliphatic imine (C=N–C) groups is 1. The van der Waals surface area contributed by atoms with Crippen molar-refractivity contribution < 1.29 is 13.5 Å². The Bertz CT molecular complexity index is 709. The van der Waals surface area contributed by atoms with Crippen LogP contribution in [0.5, 0.6) is 0 Å². The van der Waals surface area contributed by atoms with Gasteiger partial charge in [-0.25, -0.2) is 18.1 Å². The molecule has 0 aliphatic heterocycles. The molecule has 1 aromatic rings. The first-order valence-corrected chi connectivity index (χ1v) is 11.7. The summed E-state index contributed by atoms with van der Waals surface area (Å²) in [5.74, 6) is 1.15. The standard InChI is InChI=1S/C20H34N4O3S/c1-3-5-16(12-13-25)14-22-20(21-4-2)23-15-17-6-10-19(11-7-17)28(26,27)24-18-8-9-18/h6-7,10-11,16,18,24-25H,3-5,8-9,12-15H2,1-2H3,(H2,21,22,23). The highest BCUT2D eigenvalue weighted by molar-refractivity contribution is 7.89. The van der Waals surface area contributed by atoms with Crippen LogP contribution in [-0.2, 0) is 16.6 Å². The highest BCUT2D eigenvalue weighted by atomic mass is 32.2. The predicted molar refractivity (Wildman–Crippen MR) is 113 cm³/mol. The molecule has 8 heteroatoms. The second-order valence-corrected chi connectivity index (χ2v) is 9.00. The van der Waals surface area contributed by atoms with Gasteiger partial charge >= 0.3 is 0 Å². The molecule has 1 aliphatic carbocycles. The average Bonchev–Trinajstić information content (AvgIpc) is 3.48. The van der Waals surface area contributed by atoms with Crippen LogP contribution < -0.4 is 15.4 Å². The van der Waals surface area contributed by atoms with Crippen LogP contribution in [-0.4, -0.2) is 45.2 Å². The molecule has 0 spiro atoms. The van der Waals surface area contributed by atoms with Crippen LogP contribution in [0, 0.1) is 5.92 Å². The molecule has 158 valence electrons. The second kappa shape index (κ2) is 11.4. The highest BCUT2D eigenvalue weighted by Crippen LogP contribution is 2.22. The minimum absolute atomic E-state index is 0.102. The Morgan fingerprint density at radius 1 is 1.18 bits per heavy atom. The van der Waals surface area contributed by atoms with E-state index in [1.54, 1.807) is 24.3 Å². The summed E-state index contributed by atoms with van der Waals surface area (Å²) < 4.78 is 27.1. The fourth-order valence-corrected chi connectivity index (χ4v) is 4.26. The summed E-state index contributed by atoms with van der Waals surface area (Å²) in [6.07, 6.45) is 4.78. The maximum absolute atomic E-state index is 12.2. The summed E-state index contributed by atoms with van der Waals surface area (Å²) in [5.41, 5.74) is 0.947. The normalized spacial score (nSPS) is 16.0. The second-order valence-electron chi connectivity index (χ2n) is 7.28. The van der Waals surface area contributed by atoms with Crippen molar-refractivity contribution in [2.75, 3.05) is 19.7 Å². The largest absolute Gasteiger partial charge is 0.396 e. The topological polar surface area (TPSA) is 103 Å². The number of benzene rings is 1. The zero-order valence-corrected chi connectivity index (χ0v) is 17.8. The molecule has 0 aromatic heterocycles. The summed E-state index contributed by atoms with van der Waals surface area (Å²) in [7, 11) is -3.41. The van der Waals surface area contributed by atoms with Crippen molar-refractivity contribution >= 4 is 16.0 Å². The van der Waals surface area contributed by atoms with Crippen molar-refractivity contribution in [2.45, 2.75) is 63.4 Å². The fourth-order valence-electron chi connectivity index (χ4n) is 2.96. The van der Waals surface area contributed by atoms with Crippen LogP contribution in [0.2, 0.25) is 0 Å². The van der Waals surface area contributed by atoms with Crippen LogP contribution in [0.25, 0.3) is 0 Å². The van der Waals surface area contributed by atoms with E-state index in [0.29, 0.717) is 17.4 Å². The monoisotopic (exact) mass is 410 g/mol. The SMILES string of the molecule is CCCC(CCO)CNC(=NCc1ccc(S(=O)(=O)NC2CC2)cc1)NCC. The molecule has 1 saturated carbocycles. The van der Waals surface area contributed by atoms with Gasteiger partial charge in [-0.15, -0.1) is 0 Å². The smallest absolute Gasteiger partial charge is 0.240 e. The van der Waals surface area contributed by atoms with Crippen molar-refractivity contribution in [1.82, 2.24) is 15.4 Å². The molecule has 0 heterocycles. The molecule has 1 fully saturated rings. The number of nitrogens with zero attached hydrogens (tertiary/aromatic N) is 1. The highest BCUT2D eigenvalue weighted by Gasteiger charge is 2.27. The lowest BCUT2D eigenvalue weighted by Crippen LogP contribution is -2.40. The molecule has 1 aromatic carbocycles. The molecule has 0 amide bonds. The molecule has 1 unspecified atom stereocenters. The summed E-state index contributed by atoms with van der Waals surface area (Å²) in [6, 6.07) is 6.98. The third-order valence-electron chi connectivity index (χ3n) is 4.69. The van der Waals surface area contributed by atoms with E-state index in [9.17, 15) is 13.5 Å². The zero-order chi connectivity index (χ0) is 20.4. The van der Waals surface area contributed by atoms with E-state index >= 15 is 0 Å². The molecule has 0 radical (unpaired) electrons. The Balaban J connectivity index is 1.93. The van der Waals surface area contributed by atoms with Crippen molar-refractivity contribution in [3.63, 3.8) is 0 Å². The van der Waals surface area contributed by atoms with E-state index in [4.69, 9.17) is 0 Å². The lowest BCUT2D eigenvalue weighted by atomic mass is 10.0. The summed E-state index contributed by atoms with van der Waals surface area (Å²) in [4.78, 5) is 4.89. The Morgan fingerprint density at radius 3 is 2.46 bits per heavy atom. The van der Waals surface area contributed by atoms with E-state index < -0.39 is 10.0 Å². The van der Waals surface area contributed by atoms with Crippen molar-refractivity contribution in [1.29, 1.82) is 0 Å². The first-order valence-electron chi connectivity index (χ1n) is 10.2. The first-order chi connectivity index (χ1) is 13.5. The number of aliphatic hydroxyl groups is 1. The van der Waals surface area contributed by atoms with Gasteiger partial charge in [-0.1, -0.05) is 25.5 Å². The lowest BCUT2D eigenvalue weighted by Gasteiger charge is -2.18. The van der Waals surface area contributed by atoms with Gasteiger partial charge in [0, 0.05) is 25.7 Å². The average molecular weight is 411 g/mol. The fraction of sp³-hybridized carbons (Fsp3) is 0.650. The van der Waals surface area contributed by atoms with Gasteiger partial charge < -0.3 is 15.7 Å². The van der Waals surface area contributed by atoms with Gasteiger partial charge in [0.05, 0.1) is 11.4 Å². The lowest BCUT2D eigenvalue weighted by molar-refractivity contribution is 0.251. The molecule has 0 bridgehead atoms. The number of sulfonamides is 1. The van der Waals surface area contributed by atoms with E-state index in [1.807, 2.05) is 6.92 Å². The molecule has 1 aliphatic rings. The van der Waals surface area contributed by atoms with Gasteiger partial charge in [-0.05, 0) is 56.2 Å². The zero-order valence-electron chi connectivity index (χ0n) is 16.9. The Hall–Kier alpha value is -1.64. The van der Waals surface area contributed by atoms with Gasteiger partial charge in [0.1, 0.15) is 0 Å². The number of aliphatic hydroxyl groups excluding tert-OH is 1. The van der Waals surface area contributed by atoms with Crippen molar-refractivity contribution in [3.8, 4) is 0 Å². The Labute approximate surface area is 169 Å². The van der Waals surface area contributed by atoms with Crippen LogP contribution in [0.4, 0.5) is 0 Å². The number of hydrogen-bond donors (Lipinski definition) is 4. The molecule has 7 nitrogen and oxygen atoms in total. The third-order valence-corrected chi connectivity index (χ3v) is 6.23. The maximum atomic E-state index is 12.2. The number of nitrogens with one attached hydrogen (secondary N) is 3. The third kappa shape index (κ3) is 7.77. The first kappa shape index (κ1) is 22.6. The number of guanidine groups is 1. The van der Waals surface area contributed by atoms with E-state index in [2.05, 4.69) is 27.3 Å². The van der Waals surface area contributed by atoms with Crippen molar-refractivity contribution in [2.24, 2.45) is 10.9 Å². The molecular weight excluding hydrogens is 376 g/mol. The molecule has 2 rings (SSSR count). The molecule has 0 saturated heterocycles. The minimum atomic E-state index is -3.41. The van der Waals surface area contributed by atoms with Gasteiger partial charge in [0.2, 0.25) is 10.0 Å². The van der Waals surface area contributed by atoms with Gasteiger partial charge in [-0.3, -0.25) is 0 Å². The van der Waals surface area contributed by atoms with E-state index in [1.165, 1.54) is 0 Å². The molecule has 28 heavy (non-hydrogen) atoms. The van der Waals surface area contributed by atoms with Gasteiger partial charge in [0.25, 0.3) is 0 Å². The maximum Gasteiger partial charge on any atom is 0.240 e. The molecule has 4 N–H and O–H groups in total. The Kier molecular flexibility index (Phi) is 9.21. The van der Waals surface area contributed by atoms with Crippen LogP contribution in [0.1, 0.15) is 51.5 Å². The summed E-state index contributed by atoms with van der Waals surface area (Å²) in [6.45, 7) is 6.35. The minimum Gasteiger partial charge on any atom is -0.396 e.